The quantitative estimate of drug-likeness (QED) is 0.820. The van der Waals surface area contributed by atoms with E-state index in [0.717, 1.165) is 29.7 Å². The first-order valence-corrected chi connectivity index (χ1v) is 10.5. The summed E-state index contributed by atoms with van der Waals surface area (Å²) in [5.74, 6) is 1.86. The van der Waals surface area contributed by atoms with E-state index >= 15 is 0 Å². The van der Waals surface area contributed by atoms with Gasteiger partial charge in [-0.1, -0.05) is 25.3 Å². The van der Waals surface area contributed by atoms with Gasteiger partial charge in [0.1, 0.15) is 24.7 Å². The van der Waals surface area contributed by atoms with E-state index in [2.05, 4.69) is 0 Å². The standard InChI is InChI=1S/C23H29NO5/c1-27-15-19-8-10-21(29-19)23(26)24-11-12-28-20-9-7-17(13-18(20)14-24)22(25)16-5-3-2-4-6-16/h7-10,13,16,22,25H,2-6,11-12,14-15H2,1H3. The fourth-order valence-corrected chi connectivity index (χ4v) is 4.36. The summed E-state index contributed by atoms with van der Waals surface area (Å²) in [4.78, 5) is 14.7. The fourth-order valence-electron chi connectivity index (χ4n) is 4.36. The molecule has 1 amide bonds. The molecule has 0 spiro atoms. The molecule has 2 aliphatic rings. The summed E-state index contributed by atoms with van der Waals surface area (Å²) in [7, 11) is 1.59. The van der Waals surface area contributed by atoms with Gasteiger partial charge in [-0.2, -0.15) is 0 Å². The minimum atomic E-state index is -0.463. The molecule has 1 N–H and O–H groups in total. The van der Waals surface area contributed by atoms with Crippen LogP contribution in [-0.4, -0.2) is 36.2 Å². The second-order valence-electron chi connectivity index (χ2n) is 7.98. The molecule has 156 valence electrons. The second kappa shape index (κ2) is 9.01. The Labute approximate surface area is 171 Å². The maximum atomic E-state index is 12.9. The number of carbonyl (C=O) groups is 1. The van der Waals surface area contributed by atoms with Crippen LogP contribution in [0.3, 0.4) is 0 Å². The Morgan fingerprint density at radius 3 is 2.86 bits per heavy atom. The zero-order valence-corrected chi connectivity index (χ0v) is 16.9. The monoisotopic (exact) mass is 399 g/mol. The van der Waals surface area contributed by atoms with Crippen molar-refractivity contribution in [2.24, 2.45) is 5.92 Å². The van der Waals surface area contributed by atoms with Crippen molar-refractivity contribution in [2.45, 2.75) is 51.4 Å². The number of nitrogens with zero attached hydrogens (tertiary/aromatic N) is 1. The van der Waals surface area contributed by atoms with Gasteiger partial charge >= 0.3 is 0 Å². The zero-order valence-electron chi connectivity index (χ0n) is 16.9. The maximum Gasteiger partial charge on any atom is 0.289 e. The van der Waals surface area contributed by atoms with Gasteiger partial charge in [-0.25, -0.2) is 0 Å². The number of aliphatic hydroxyl groups excluding tert-OH is 1. The van der Waals surface area contributed by atoms with Crippen molar-refractivity contribution in [2.75, 3.05) is 20.3 Å². The molecule has 6 heteroatoms. The molecule has 1 unspecified atom stereocenters. The van der Waals surface area contributed by atoms with E-state index in [9.17, 15) is 9.90 Å². The first kappa shape index (κ1) is 20.0. The Balaban J connectivity index is 1.51. The Morgan fingerprint density at radius 2 is 2.07 bits per heavy atom. The molecule has 29 heavy (non-hydrogen) atoms. The van der Waals surface area contributed by atoms with Crippen LogP contribution in [0.5, 0.6) is 5.75 Å². The summed E-state index contributed by atoms with van der Waals surface area (Å²) in [6.45, 7) is 1.67. The predicted octanol–water partition coefficient (Wildman–Crippen LogP) is 4.07. The number of hydrogen-bond donors (Lipinski definition) is 1. The molecule has 1 saturated carbocycles. The van der Waals surface area contributed by atoms with Gasteiger partial charge in [0.15, 0.2) is 5.76 Å². The van der Waals surface area contributed by atoms with Crippen molar-refractivity contribution in [3.05, 3.63) is 53.0 Å². The molecule has 1 aromatic carbocycles. The molecule has 1 atom stereocenters. The van der Waals surface area contributed by atoms with E-state index in [1.165, 1.54) is 19.3 Å². The number of methoxy groups -OCH3 is 1. The normalized spacial score (nSPS) is 18.6. The van der Waals surface area contributed by atoms with Crippen LogP contribution in [0.1, 0.15) is 65.7 Å². The van der Waals surface area contributed by atoms with Gasteiger partial charge in [0.05, 0.1) is 12.6 Å². The fraction of sp³-hybridized carbons (Fsp3) is 0.522. The van der Waals surface area contributed by atoms with Gasteiger partial charge < -0.3 is 23.9 Å². The summed E-state index contributed by atoms with van der Waals surface area (Å²) in [6.07, 6.45) is 5.31. The summed E-state index contributed by atoms with van der Waals surface area (Å²) in [5, 5.41) is 10.9. The molecule has 2 heterocycles. The van der Waals surface area contributed by atoms with Crippen molar-refractivity contribution in [3.63, 3.8) is 0 Å². The van der Waals surface area contributed by atoms with Crippen molar-refractivity contribution in [3.8, 4) is 5.75 Å². The lowest BCUT2D eigenvalue weighted by molar-refractivity contribution is 0.0693. The average molecular weight is 399 g/mol. The molecule has 1 fully saturated rings. The summed E-state index contributed by atoms with van der Waals surface area (Å²) in [5.41, 5.74) is 1.83. The molecule has 0 saturated heterocycles. The Bertz CT molecular complexity index is 840. The number of furan rings is 1. The Kier molecular flexibility index (Phi) is 6.21. The number of benzene rings is 1. The average Bonchev–Trinajstić information content (AvgIpc) is 3.11. The molecule has 0 bridgehead atoms. The van der Waals surface area contributed by atoms with Crippen molar-refractivity contribution < 1.29 is 23.8 Å². The Hall–Kier alpha value is -2.31. The lowest BCUT2D eigenvalue weighted by atomic mass is 9.82. The molecular formula is C23H29NO5. The van der Waals surface area contributed by atoms with Gasteiger partial charge in [-0.15, -0.1) is 0 Å². The lowest BCUT2D eigenvalue weighted by Gasteiger charge is -2.27. The van der Waals surface area contributed by atoms with Gasteiger partial charge in [0.25, 0.3) is 5.91 Å². The van der Waals surface area contributed by atoms with Gasteiger partial charge in [0, 0.05) is 19.2 Å². The SMILES string of the molecule is COCc1ccc(C(=O)N2CCOc3ccc(C(O)C4CCCCC4)cc3C2)o1. The topological polar surface area (TPSA) is 72.1 Å². The van der Waals surface area contributed by atoms with Crippen LogP contribution < -0.4 is 4.74 Å². The molecule has 2 aromatic rings. The van der Waals surface area contributed by atoms with Crippen LogP contribution in [0.25, 0.3) is 0 Å². The number of hydrogen-bond acceptors (Lipinski definition) is 5. The van der Waals surface area contributed by atoms with E-state index < -0.39 is 6.10 Å². The number of amides is 1. The van der Waals surface area contributed by atoms with Crippen LogP contribution in [-0.2, 0) is 17.9 Å². The highest BCUT2D eigenvalue weighted by atomic mass is 16.5. The molecular weight excluding hydrogens is 370 g/mol. The van der Waals surface area contributed by atoms with Gasteiger partial charge in [0.2, 0.25) is 0 Å². The van der Waals surface area contributed by atoms with Gasteiger partial charge in [-0.3, -0.25) is 4.79 Å². The summed E-state index contributed by atoms with van der Waals surface area (Å²) in [6, 6.07) is 9.33. The van der Waals surface area contributed by atoms with Gasteiger partial charge in [-0.05, 0) is 48.6 Å². The van der Waals surface area contributed by atoms with Crippen molar-refractivity contribution in [1.29, 1.82) is 0 Å². The molecule has 1 aliphatic heterocycles. The van der Waals surface area contributed by atoms with Crippen LogP contribution in [0, 0.1) is 5.92 Å². The molecule has 1 aliphatic carbocycles. The van der Waals surface area contributed by atoms with Crippen LogP contribution >= 0.6 is 0 Å². The van der Waals surface area contributed by atoms with E-state index in [1.807, 2.05) is 18.2 Å². The molecule has 1 aromatic heterocycles. The highest BCUT2D eigenvalue weighted by molar-refractivity contribution is 5.91. The largest absolute Gasteiger partial charge is 0.491 e. The minimum Gasteiger partial charge on any atom is -0.491 e. The number of carbonyl (C=O) groups excluding carboxylic acids is 1. The third-order valence-corrected chi connectivity index (χ3v) is 5.95. The first-order valence-electron chi connectivity index (χ1n) is 10.5. The Morgan fingerprint density at radius 1 is 1.24 bits per heavy atom. The predicted molar refractivity (Wildman–Crippen MR) is 108 cm³/mol. The minimum absolute atomic E-state index is 0.165. The lowest BCUT2D eigenvalue weighted by Crippen LogP contribution is -2.32. The van der Waals surface area contributed by atoms with Crippen molar-refractivity contribution >= 4 is 5.91 Å². The third kappa shape index (κ3) is 4.49. The maximum absolute atomic E-state index is 12.9. The highest BCUT2D eigenvalue weighted by Gasteiger charge is 2.27. The van der Waals surface area contributed by atoms with Crippen LogP contribution in [0.2, 0.25) is 0 Å². The van der Waals surface area contributed by atoms with E-state index in [0.29, 0.717) is 43.7 Å². The van der Waals surface area contributed by atoms with E-state index in [1.54, 1.807) is 24.1 Å². The number of fused-ring (bicyclic) bond motifs is 1. The van der Waals surface area contributed by atoms with E-state index in [4.69, 9.17) is 13.9 Å². The highest BCUT2D eigenvalue weighted by Crippen LogP contribution is 2.36. The molecule has 0 radical (unpaired) electrons. The second-order valence-corrected chi connectivity index (χ2v) is 7.98. The summed E-state index contributed by atoms with van der Waals surface area (Å²) < 4.78 is 16.5. The number of ether oxygens (including phenoxy) is 2. The van der Waals surface area contributed by atoms with E-state index in [-0.39, 0.29) is 5.91 Å². The van der Waals surface area contributed by atoms with Crippen molar-refractivity contribution in [1.82, 2.24) is 4.90 Å². The number of rotatable bonds is 5. The first-order chi connectivity index (χ1) is 14.2. The third-order valence-electron chi connectivity index (χ3n) is 5.95. The molecule has 4 rings (SSSR count). The van der Waals surface area contributed by atoms with Crippen LogP contribution in [0.15, 0.2) is 34.7 Å². The smallest absolute Gasteiger partial charge is 0.289 e. The number of aliphatic hydroxyl groups is 1. The molecule has 6 nitrogen and oxygen atoms in total. The zero-order chi connectivity index (χ0) is 20.2. The summed E-state index contributed by atoms with van der Waals surface area (Å²) >= 11 is 0. The van der Waals surface area contributed by atoms with Crippen LogP contribution in [0.4, 0.5) is 0 Å².